The monoisotopic (exact) mass is 393 g/mol. The molecule has 29 heavy (non-hydrogen) atoms. The molecule has 150 valence electrons. The number of nitrogens with one attached hydrogen (secondary N) is 2. The Morgan fingerprint density at radius 2 is 2.00 bits per heavy atom. The van der Waals surface area contributed by atoms with Gasteiger partial charge in [0.1, 0.15) is 11.9 Å². The number of H-pyrrole nitrogens is 1. The SMILES string of the molecule is O=C(NCc1nn[nH]n1)c1ccccc1OC1CCN(Cc2ccccn2)CC1. The molecule has 0 atom stereocenters. The van der Waals surface area contributed by atoms with Crippen molar-refractivity contribution in [3.8, 4) is 5.75 Å². The van der Waals surface area contributed by atoms with Gasteiger partial charge < -0.3 is 10.1 Å². The molecule has 9 nitrogen and oxygen atoms in total. The zero-order valence-electron chi connectivity index (χ0n) is 16.0. The molecule has 0 unspecified atom stereocenters. The van der Waals surface area contributed by atoms with Gasteiger partial charge in [-0.2, -0.15) is 5.21 Å². The number of rotatable bonds is 7. The first-order chi connectivity index (χ1) is 14.3. The van der Waals surface area contributed by atoms with Crippen LogP contribution in [0.25, 0.3) is 0 Å². The van der Waals surface area contributed by atoms with E-state index in [-0.39, 0.29) is 18.6 Å². The maximum Gasteiger partial charge on any atom is 0.255 e. The zero-order chi connectivity index (χ0) is 19.9. The minimum Gasteiger partial charge on any atom is -0.489 e. The molecule has 1 aliphatic heterocycles. The third-order valence-electron chi connectivity index (χ3n) is 4.87. The van der Waals surface area contributed by atoms with Gasteiger partial charge in [-0.3, -0.25) is 14.7 Å². The fourth-order valence-electron chi connectivity index (χ4n) is 3.35. The third-order valence-corrected chi connectivity index (χ3v) is 4.87. The van der Waals surface area contributed by atoms with Gasteiger partial charge in [0.2, 0.25) is 0 Å². The lowest BCUT2D eigenvalue weighted by Gasteiger charge is -2.32. The Kier molecular flexibility index (Phi) is 6.06. The fraction of sp³-hybridized carbons (Fsp3) is 0.350. The van der Waals surface area contributed by atoms with Crippen LogP contribution >= 0.6 is 0 Å². The topological polar surface area (TPSA) is 109 Å². The van der Waals surface area contributed by atoms with Gasteiger partial charge in [0.25, 0.3) is 5.91 Å². The largest absolute Gasteiger partial charge is 0.489 e. The molecular formula is C20H23N7O2. The number of carbonyl (C=O) groups is 1. The third kappa shape index (κ3) is 5.14. The highest BCUT2D eigenvalue weighted by Crippen LogP contribution is 2.23. The average Bonchev–Trinajstić information content (AvgIpc) is 3.28. The van der Waals surface area contributed by atoms with E-state index in [1.54, 1.807) is 6.07 Å². The number of aromatic amines is 1. The molecule has 1 saturated heterocycles. The van der Waals surface area contributed by atoms with Crippen molar-refractivity contribution in [2.75, 3.05) is 13.1 Å². The number of likely N-dealkylation sites (tertiary alicyclic amines) is 1. The van der Waals surface area contributed by atoms with Gasteiger partial charge in [-0.1, -0.05) is 23.4 Å². The lowest BCUT2D eigenvalue weighted by atomic mass is 10.1. The van der Waals surface area contributed by atoms with E-state index in [1.807, 2.05) is 42.6 Å². The summed E-state index contributed by atoms with van der Waals surface area (Å²) in [7, 11) is 0. The Bertz CT molecular complexity index is 910. The van der Waals surface area contributed by atoms with Crippen molar-refractivity contribution in [1.29, 1.82) is 0 Å². The van der Waals surface area contributed by atoms with Crippen LogP contribution in [-0.4, -0.2) is 55.6 Å². The molecule has 1 amide bonds. The molecule has 0 radical (unpaired) electrons. The smallest absolute Gasteiger partial charge is 0.255 e. The van der Waals surface area contributed by atoms with E-state index in [4.69, 9.17) is 4.74 Å². The number of tetrazole rings is 1. The molecule has 1 fully saturated rings. The summed E-state index contributed by atoms with van der Waals surface area (Å²) in [6.45, 7) is 2.93. The Labute approximate surface area is 168 Å². The van der Waals surface area contributed by atoms with Crippen LogP contribution in [0.4, 0.5) is 0 Å². The molecule has 9 heteroatoms. The first-order valence-electron chi connectivity index (χ1n) is 9.66. The summed E-state index contributed by atoms with van der Waals surface area (Å²) in [5.41, 5.74) is 1.59. The van der Waals surface area contributed by atoms with Crippen molar-refractivity contribution in [3.63, 3.8) is 0 Å². The van der Waals surface area contributed by atoms with E-state index in [1.165, 1.54) is 0 Å². The summed E-state index contributed by atoms with van der Waals surface area (Å²) in [4.78, 5) is 19.3. The lowest BCUT2D eigenvalue weighted by molar-refractivity contribution is 0.0887. The van der Waals surface area contributed by atoms with E-state index in [2.05, 4.69) is 35.8 Å². The molecule has 1 aromatic carbocycles. The van der Waals surface area contributed by atoms with Gasteiger partial charge in [0, 0.05) is 25.8 Å². The molecule has 0 saturated carbocycles. The molecule has 3 heterocycles. The molecule has 2 aromatic heterocycles. The number of pyridine rings is 1. The second-order valence-corrected chi connectivity index (χ2v) is 6.92. The fourth-order valence-corrected chi connectivity index (χ4v) is 3.35. The second-order valence-electron chi connectivity index (χ2n) is 6.92. The Morgan fingerprint density at radius 3 is 2.76 bits per heavy atom. The van der Waals surface area contributed by atoms with E-state index in [0.717, 1.165) is 38.2 Å². The average molecular weight is 393 g/mol. The minimum atomic E-state index is -0.224. The molecule has 0 spiro atoms. The first-order valence-corrected chi connectivity index (χ1v) is 9.66. The van der Waals surface area contributed by atoms with Crippen LogP contribution in [0, 0.1) is 0 Å². The van der Waals surface area contributed by atoms with Crippen LogP contribution in [0.1, 0.15) is 34.7 Å². The highest BCUT2D eigenvalue weighted by molar-refractivity contribution is 5.96. The Hall–Kier alpha value is -3.33. The van der Waals surface area contributed by atoms with E-state index in [0.29, 0.717) is 17.1 Å². The highest BCUT2D eigenvalue weighted by Gasteiger charge is 2.22. The Balaban J connectivity index is 1.31. The van der Waals surface area contributed by atoms with E-state index in [9.17, 15) is 4.79 Å². The van der Waals surface area contributed by atoms with Gasteiger partial charge in [0.15, 0.2) is 5.82 Å². The highest BCUT2D eigenvalue weighted by atomic mass is 16.5. The number of carbonyl (C=O) groups excluding carboxylic acids is 1. The molecule has 0 aliphatic carbocycles. The number of para-hydroxylation sites is 1. The van der Waals surface area contributed by atoms with Gasteiger partial charge in [-0.05, 0) is 37.1 Å². The van der Waals surface area contributed by atoms with Crippen molar-refractivity contribution < 1.29 is 9.53 Å². The number of amides is 1. The molecule has 0 bridgehead atoms. The van der Waals surface area contributed by atoms with Gasteiger partial charge >= 0.3 is 0 Å². The number of aromatic nitrogens is 5. The predicted molar refractivity (Wildman–Crippen MR) is 105 cm³/mol. The standard InChI is InChI=1S/C20H23N7O2/c28-20(22-13-19-23-25-26-24-19)17-6-1-2-7-18(17)29-16-8-11-27(12-9-16)14-15-5-3-4-10-21-15/h1-7,10,16H,8-9,11-14H2,(H,22,28)(H,23,24,25,26). The molecule has 2 N–H and O–H groups in total. The number of hydrogen-bond acceptors (Lipinski definition) is 7. The van der Waals surface area contributed by atoms with Crippen LogP contribution in [-0.2, 0) is 13.1 Å². The Morgan fingerprint density at radius 1 is 1.17 bits per heavy atom. The van der Waals surface area contributed by atoms with Crippen LogP contribution in [0.5, 0.6) is 5.75 Å². The predicted octanol–water partition coefficient (Wildman–Crippen LogP) is 1.57. The summed E-state index contributed by atoms with van der Waals surface area (Å²) >= 11 is 0. The van der Waals surface area contributed by atoms with Gasteiger partial charge in [-0.15, -0.1) is 10.2 Å². The van der Waals surface area contributed by atoms with E-state index < -0.39 is 0 Å². The maximum absolute atomic E-state index is 12.6. The van der Waals surface area contributed by atoms with Gasteiger partial charge in [0.05, 0.1) is 17.8 Å². The van der Waals surface area contributed by atoms with Crippen LogP contribution in [0.2, 0.25) is 0 Å². The number of hydrogen-bond donors (Lipinski definition) is 2. The van der Waals surface area contributed by atoms with Crippen LogP contribution < -0.4 is 10.1 Å². The summed E-state index contributed by atoms with van der Waals surface area (Å²) in [5.74, 6) is 0.802. The van der Waals surface area contributed by atoms with Crippen molar-refractivity contribution in [2.24, 2.45) is 0 Å². The van der Waals surface area contributed by atoms with E-state index >= 15 is 0 Å². The normalized spacial score (nSPS) is 15.2. The zero-order valence-corrected chi connectivity index (χ0v) is 16.0. The summed E-state index contributed by atoms with van der Waals surface area (Å²) in [6, 6.07) is 13.3. The van der Waals surface area contributed by atoms with Gasteiger partial charge in [-0.25, -0.2) is 0 Å². The van der Waals surface area contributed by atoms with Crippen LogP contribution in [0.3, 0.4) is 0 Å². The number of benzene rings is 1. The number of nitrogens with zero attached hydrogens (tertiary/aromatic N) is 5. The van der Waals surface area contributed by atoms with Crippen molar-refractivity contribution >= 4 is 5.91 Å². The van der Waals surface area contributed by atoms with Crippen molar-refractivity contribution in [2.45, 2.75) is 32.0 Å². The molecule has 4 rings (SSSR count). The quantitative estimate of drug-likeness (QED) is 0.627. The lowest BCUT2D eigenvalue weighted by Crippen LogP contribution is -2.38. The maximum atomic E-state index is 12.6. The summed E-state index contributed by atoms with van der Waals surface area (Å²) in [5, 5.41) is 16.3. The molecule has 3 aromatic rings. The molecule has 1 aliphatic rings. The number of piperidine rings is 1. The second kappa shape index (κ2) is 9.24. The molecular weight excluding hydrogens is 370 g/mol. The van der Waals surface area contributed by atoms with Crippen molar-refractivity contribution in [1.82, 2.24) is 35.8 Å². The van der Waals surface area contributed by atoms with Crippen molar-refractivity contribution in [3.05, 3.63) is 65.7 Å². The first kappa shape index (κ1) is 19.0. The van der Waals surface area contributed by atoms with Crippen LogP contribution in [0.15, 0.2) is 48.7 Å². The number of ether oxygens (including phenoxy) is 1. The summed E-state index contributed by atoms with van der Waals surface area (Å²) < 4.78 is 6.19. The minimum absolute atomic E-state index is 0.0844. The summed E-state index contributed by atoms with van der Waals surface area (Å²) in [6.07, 6.45) is 3.73.